The van der Waals surface area contributed by atoms with Crippen molar-refractivity contribution in [3.8, 4) is 0 Å². The molecule has 0 bridgehead atoms. The van der Waals surface area contributed by atoms with Crippen LogP contribution >= 0.6 is 0 Å². The molecule has 0 aliphatic rings. The van der Waals surface area contributed by atoms with Crippen LogP contribution in [0.4, 0.5) is 0 Å². The largest absolute Gasteiger partial charge is 0.395 e. The Labute approximate surface area is 108 Å². The molecule has 0 radical (unpaired) electrons. The number of hydrogen-bond acceptors (Lipinski definition) is 4. The molecule has 0 aliphatic heterocycles. The van der Waals surface area contributed by atoms with Gasteiger partial charge in [-0.25, -0.2) is 13.1 Å². The first-order chi connectivity index (χ1) is 8.40. The number of sulfonamides is 1. The average molecular weight is 272 g/mol. The molecule has 2 unspecified atom stereocenters. The molecule has 0 amide bonds. The molecule has 102 valence electrons. The maximum Gasteiger partial charge on any atom is 0.240 e. The molecule has 0 fully saturated rings. The summed E-state index contributed by atoms with van der Waals surface area (Å²) in [6.45, 7) is 3.92. The third-order valence-electron chi connectivity index (χ3n) is 2.77. The van der Waals surface area contributed by atoms with E-state index < -0.39 is 10.0 Å². The quantitative estimate of drug-likeness (QED) is 0.709. The van der Waals surface area contributed by atoms with E-state index in [1.165, 1.54) is 7.05 Å². The van der Waals surface area contributed by atoms with E-state index in [-0.39, 0.29) is 23.6 Å². The highest BCUT2D eigenvalue weighted by molar-refractivity contribution is 7.89. The van der Waals surface area contributed by atoms with Crippen molar-refractivity contribution in [1.82, 2.24) is 10.0 Å². The Morgan fingerprint density at radius 3 is 2.22 bits per heavy atom. The van der Waals surface area contributed by atoms with Gasteiger partial charge in [-0.1, -0.05) is 12.1 Å². The molecular formula is C12H20N2O3S. The summed E-state index contributed by atoms with van der Waals surface area (Å²) in [6.07, 6.45) is 0. The van der Waals surface area contributed by atoms with Crippen LogP contribution in [0.25, 0.3) is 0 Å². The molecule has 0 aliphatic carbocycles. The van der Waals surface area contributed by atoms with Crippen molar-refractivity contribution in [2.24, 2.45) is 0 Å². The smallest absolute Gasteiger partial charge is 0.240 e. The van der Waals surface area contributed by atoms with E-state index in [1.807, 2.05) is 13.8 Å². The summed E-state index contributed by atoms with van der Waals surface area (Å²) >= 11 is 0. The van der Waals surface area contributed by atoms with Gasteiger partial charge >= 0.3 is 0 Å². The van der Waals surface area contributed by atoms with Crippen LogP contribution in [-0.2, 0) is 10.0 Å². The first-order valence-corrected chi connectivity index (χ1v) is 7.29. The number of aliphatic hydroxyl groups excluding tert-OH is 1. The van der Waals surface area contributed by atoms with E-state index in [2.05, 4.69) is 10.0 Å². The first kappa shape index (κ1) is 15.1. The highest BCUT2D eigenvalue weighted by atomic mass is 32.2. The highest BCUT2D eigenvalue weighted by Crippen LogP contribution is 2.16. The van der Waals surface area contributed by atoms with Crippen LogP contribution < -0.4 is 10.0 Å². The minimum Gasteiger partial charge on any atom is -0.395 e. The van der Waals surface area contributed by atoms with Gasteiger partial charge in [0.15, 0.2) is 0 Å². The first-order valence-electron chi connectivity index (χ1n) is 5.81. The summed E-state index contributed by atoms with van der Waals surface area (Å²) in [5.74, 6) is 0. The molecule has 18 heavy (non-hydrogen) atoms. The summed E-state index contributed by atoms with van der Waals surface area (Å²) in [7, 11) is -1.99. The minimum absolute atomic E-state index is 0.000664. The lowest BCUT2D eigenvalue weighted by Gasteiger charge is -2.18. The lowest BCUT2D eigenvalue weighted by atomic mass is 10.1. The van der Waals surface area contributed by atoms with Gasteiger partial charge in [-0.3, -0.25) is 0 Å². The van der Waals surface area contributed by atoms with Crippen LogP contribution in [0.5, 0.6) is 0 Å². The van der Waals surface area contributed by atoms with Gasteiger partial charge in [-0.2, -0.15) is 0 Å². The normalized spacial score (nSPS) is 15.3. The molecule has 6 heteroatoms. The van der Waals surface area contributed by atoms with Crippen LogP contribution in [0, 0.1) is 0 Å². The van der Waals surface area contributed by atoms with Gasteiger partial charge in [0.1, 0.15) is 0 Å². The summed E-state index contributed by atoms with van der Waals surface area (Å²) in [5, 5.41) is 12.2. The minimum atomic E-state index is -3.38. The SMILES string of the molecule is CNS(=O)(=O)c1ccc(C(C)NC(C)CO)cc1. The van der Waals surface area contributed by atoms with E-state index >= 15 is 0 Å². The van der Waals surface area contributed by atoms with Gasteiger partial charge < -0.3 is 10.4 Å². The predicted molar refractivity (Wildman–Crippen MR) is 70.8 cm³/mol. The van der Waals surface area contributed by atoms with E-state index in [1.54, 1.807) is 24.3 Å². The maximum absolute atomic E-state index is 11.5. The molecule has 3 N–H and O–H groups in total. The summed E-state index contributed by atoms with van der Waals surface area (Å²) in [6, 6.07) is 6.74. The third kappa shape index (κ3) is 3.78. The topological polar surface area (TPSA) is 78.4 Å². The second-order valence-corrected chi connectivity index (χ2v) is 6.14. The fraction of sp³-hybridized carbons (Fsp3) is 0.500. The standard InChI is InChI=1S/C12H20N2O3S/c1-9(8-15)14-10(2)11-4-6-12(7-5-11)18(16,17)13-3/h4-7,9-10,13-15H,8H2,1-3H3. The zero-order chi connectivity index (χ0) is 13.8. The zero-order valence-electron chi connectivity index (χ0n) is 10.8. The number of hydrogen-bond donors (Lipinski definition) is 3. The zero-order valence-corrected chi connectivity index (χ0v) is 11.7. The molecule has 0 spiro atoms. The van der Waals surface area contributed by atoms with Crippen molar-refractivity contribution in [2.75, 3.05) is 13.7 Å². The van der Waals surface area contributed by atoms with Crippen LogP contribution in [0.3, 0.4) is 0 Å². The Balaban J connectivity index is 2.83. The Kier molecular flexibility index (Phi) is 5.28. The molecule has 1 aromatic rings. The van der Waals surface area contributed by atoms with Gasteiger partial charge in [0.25, 0.3) is 0 Å². The van der Waals surface area contributed by atoms with Crippen LogP contribution in [0.15, 0.2) is 29.2 Å². The molecule has 0 saturated heterocycles. The Bertz CT molecular complexity index is 471. The van der Waals surface area contributed by atoms with Gasteiger partial charge in [0.2, 0.25) is 10.0 Å². The molecule has 1 rings (SSSR count). The molecule has 0 aromatic heterocycles. The lowest BCUT2D eigenvalue weighted by molar-refractivity contribution is 0.243. The second kappa shape index (κ2) is 6.29. The summed E-state index contributed by atoms with van der Waals surface area (Å²) in [4.78, 5) is 0.246. The lowest BCUT2D eigenvalue weighted by Crippen LogP contribution is -2.31. The van der Waals surface area contributed by atoms with Crippen molar-refractivity contribution < 1.29 is 13.5 Å². The van der Waals surface area contributed by atoms with Crippen LogP contribution in [0.2, 0.25) is 0 Å². The Morgan fingerprint density at radius 1 is 1.22 bits per heavy atom. The van der Waals surface area contributed by atoms with Gasteiger partial charge in [-0.15, -0.1) is 0 Å². The maximum atomic E-state index is 11.5. The third-order valence-corrected chi connectivity index (χ3v) is 4.20. The second-order valence-electron chi connectivity index (χ2n) is 4.25. The molecular weight excluding hydrogens is 252 g/mol. The van der Waals surface area contributed by atoms with E-state index in [4.69, 9.17) is 5.11 Å². The Morgan fingerprint density at radius 2 is 1.78 bits per heavy atom. The number of nitrogens with one attached hydrogen (secondary N) is 2. The predicted octanol–water partition coefficient (Wildman–Crippen LogP) is 0.626. The van der Waals surface area contributed by atoms with Crippen molar-refractivity contribution in [1.29, 1.82) is 0 Å². The van der Waals surface area contributed by atoms with Gasteiger partial charge in [0, 0.05) is 12.1 Å². The molecule has 0 heterocycles. The van der Waals surface area contributed by atoms with Gasteiger partial charge in [0.05, 0.1) is 11.5 Å². The van der Waals surface area contributed by atoms with E-state index in [0.29, 0.717) is 0 Å². The molecule has 0 saturated carbocycles. The fourth-order valence-corrected chi connectivity index (χ4v) is 2.36. The van der Waals surface area contributed by atoms with E-state index in [9.17, 15) is 8.42 Å². The molecule has 1 aromatic carbocycles. The van der Waals surface area contributed by atoms with Crippen molar-refractivity contribution >= 4 is 10.0 Å². The number of aliphatic hydroxyl groups is 1. The number of benzene rings is 1. The summed E-state index contributed by atoms with van der Waals surface area (Å²) < 4.78 is 25.4. The fourth-order valence-electron chi connectivity index (χ4n) is 1.63. The van der Waals surface area contributed by atoms with Crippen LogP contribution in [-0.4, -0.2) is 33.2 Å². The highest BCUT2D eigenvalue weighted by Gasteiger charge is 2.13. The van der Waals surface area contributed by atoms with E-state index in [0.717, 1.165) is 5.56 Å². The summed E-state index contributed by atoms with van der Waals surface area (Å²) in [5.41, 5.74) is 0.977. The monoisotopic (exact) mass is 272 g/mol. The van der Waals surface area contributed by atoms with Crippen molar-refractivity contribution in [3.05, 3.63) is 29.8 Å². The van der Waals surface area contributed by atoms with Crippen molar-refractivity contribution in [3.63, 3.8) is 0 Å². The molecule has 2 atom stereocenters. The van der Waals surface area contributed by atoms with Crippen molar-refractivity contribution in [2.45, 2.75) is 30.8 Å². The van der Waals surface area contributed by atoms with Crippen LogP contribution in [0.1, 0.15) is 25.5 Å². The number of rotatable bonds is 6. The van der Waals surface area contributed by atoms with Gasteiger partial charge in [-0.05, 0) is 38.6 Å². The Hall–Kier alpha value is -0.950. The molecule has 5 nitrogen and oxygen atoms in total. The average Bonchev–Trinajstić information content (AvgIpc) is 2.38.